The topological polar surface area (TPSA) is 347 Å². The normalized spacial score (nSPS) is 22.9. The summed E-state index contributed by atoms with van der Waals surface area (Å²) >= 11 is 3.95. The van der Waals surface area contributed by atoms with Crippen LogP contribution < -0.4 is 16.4 Å². The average Bonchev–Trinajstić information content (AvgIpc) is 3.54. The molecule has 1 aliphatic heterocycles. The minimum atomic E-state index is -5.54. The Hall–Kier alpha value is -1.62. The number of thiol groups is 1. The first kappa shape index (κ1) is 43.5. The third-order valence-corrected chi connectivity index (χ3v) is 9.83. The maximum absolute atomic E-state index is 12.6. The van der Waals surface area contributed by atoms with Gasteiger partial charge < -0.3 is 50.9 Å². The van der Waals surface area contributed by atoms with Crippen molar-refractivity contribution in [3.05, 3.63) is 12.7 Å². The molecule has 2 amide bonds. The molecule has 0 aromatic carbocycles. The summed E-state index contributed by atoms with van der Waals surface area (Å²) in [5.41, 5.74) is 4.30. The van der Waals surface area contributed by atoms with Crippen molar-refractivity contribution < 1.29 is 92.2 Å². The van der Waals surface area contributed by atoms with E-state index in [1.54, 1.807) is 0 Å². The number of nitrogens with zero attached hydrogens (tertiary/aromatic N) is 4. The zero-order chi connectivity index (χ0) is 36.1. The number of nitrogen functional groups attached to an aromatic ring is 1. The van der Waals surface area contributed by atoms with E-state index < -0.39 is 78.6 Å². The van der Waals surface area contributed by atoms with Crippen LogP contribution in [-0.2, 0) is 62.4 Å². The first-order valence-corrected chi connectivity index (χ1v) is 18.8. The summed E-state index contributed by atoms with van der Waals surface area (Å²) < 4.78 is 61.7. The van der Waals surface area contributed by atoms with Crippen LogP contribution in [0.15, 0.2) is 12.7 Å². The number of nitrogens with two attached hydrogens (primary N) is 1. The predicted octanol–water partition coefficient (Wildman–Crippen LogP) is -1.67. The van der Waals surface area contributed by atoms with Crippen LogP contribution in [0.1, 0.15) is 26.5 Å². The Morgan fingerprint density at radius 3 is 2.39 bits per heavy atom. The molecule has 23 nitrogen and oxygen atoms in total. The molecule has 28 heteroatoms. The summed E-state index contributed by atoms with van der Waals surface area (Å²) in [5.74, 6) is -0.943. The van der Waals surface area contributed by atoms with Gasteiger partial charge >= 0.3 is 23.5 Å². The number of nitrogens with one attached hydrogen (secondary N) is 2. The fourth-order valence-corrected chi connectivity index (χ4v) is 7.08. The van der Waals surface area contributed by atoms with Crippen LogP contribution in [0.2, 0.25) is 0 Å². The van der Waals surface area contributed by atoms with Gasteiger partial charge in [-0.1, -0.05) is 13.8 Å². The van der Waals surface area contributed by atoms with E-state index in [-0.39, 0.29) is 52.3 Å². The minimum absolute atomic E-state index is 0. The Balaban J connectivity index is 0.00000833. The van der Waals surface area contributed by atoms with E-state index in [2.05, 4.69) is 47.0 Å². The first-order valence-electron chi connectivity index (χ1n) is 13.7. The van der Waals surface area contributed by atoms with Gasteiger partial charge in [-0.25, -0.2) is 28.6 Å². The third-order valence-electron chi connectivity index (χ3n) is 6.51. The van der Waals surface area contributed by atoms with Crippen LogP contribution in [0.5, 0.6) is 0 Å². The summed E-state index contributed by atoms with van der Waals surface area (Å²) in [6.07, 6.45) is -6.74. The molecule has 2 aromatic heterocycles. The van der Waals surface area contributed by atoms with Crippen LogP contribution in [0.25, 0.3) is 11.2 Å². The van der Waals surface area contributed by atoms with Crippen molar-refractivity contribution in [3.63, 3.8) is 0 Å². The number of aromatic nitrogens is 4. The number of hydrogen-bond acceptors (Lipinski definition) is 17. The van der Waals surface area contributed by atoms with Crippen molar-refractivity contribution >= 4 is 64.9 Å². The van der Waals surface area contributed by atoms with E-state index in [1.165, 1.54) is 13.8 Å². The fourth-order valence-electron chi connectivity index (χ4n) is 4.14. The Kier molecular flexibility index (Phi) is 15.8. The van der Waals surface area contributed by atoms with Gasteiger partial charge in [0.05, 0.1) is 19.5 Å². The van der Waals surface area contributed by atoms with Crippen LogP contribution >= 0.6 is 36.1 Å². The van der Waals surface area contributed by atoms with Crippen molar-refractivity contribution in [1.29, 1.82) is 0 Å². The van der Waals surface area contributed by atoms with Crippen molar-refractivity contribution in [2.45, 2.75) is 50.9 Å². The number of carbonyl (C=O) groups excluding carboxylic acids is 2. The summed E-state index contributed by atoms with van der Waals surface area (Å²) in [6.45, 7) is 0.723. The van der Waals surface area contributed by atoms with Crippen LogP contribution in [0.3, 0.4) is 0 Å². The second kappa shape index (κ2) is 17.7. The second-order valence-electron chi connectivity index (χ2n) is 10.8. The molecule has 0 radical (unpaired) electrons. The van der Waals surface area contributed by atoms with E-state index in [9.17, 15) is 53.1 Å². The minimum Gasteiger partial charge on any atom is -0.386 e. The number of anilines is 1. The Bertz CT molecular complexity index is 1600. The number of aliphatic hydroxyl groups is 2. The molecule has 10 N–H and O–H groups in total. The van der Waals surface area contributed by atoms with Gasteiger partial charge in [-0.2, -0.15) is 16.9 Å². The Morgan fingerprint density at radius 2 is 1.76 bits per heavy atom. The van der Waals surface area contributed by atoms with Gasteiger partial charge in [0, 0.05) is 47.2 Å². The number of rotatable bonds is 18. The van der Waals surface area contributed by atoms with Gasteiger partial charge in [-0.15, -0.1) is 0 Å². The predicted molar refractivity (Wildman–Crippen MR) is 163 cm³/mol. The van der Waals surface area contributed by atoms with Crippen molar-refractivity contribution in [3.8, 4) is 0 Å². The molecule has 2 aromatic rings. The van der Waals surface area contributed by atoms with Crippen molar-refractivity contribution in [1.82, 2.24) is 30.2 Å². The molecule has 49 heavy (non-hydrogen) atoms. The fraction of sp³-hybridized carbons (Fsp3) is 0.667. The van der Waals surface area contributed by atoms with Crippen molar-refractivity contribution in [2.75, 3.05) is 37.8 Å². The van der Waals surface area contributed by atoms with E-state index in [0.29, 0.717) is 12.3 Å². The maximum atomic E-state index is 12.6. The van der Waals surface area contributed by atoms with Gasteiger partial charge in [0.1, 0.15) is 36.3 Å². The third kappa shape index (κ3) is 12.5. The molecule has 3 rings (SSSR count). The van der Waals surface area contributed by atoms with Gasteiger partial charge in [-0.05, 0) is 0 Å². The summed E-state index contributed by atoms with van der Waals surface area (Å²) in [5, 5.41) is 26.1. The van der Waals surface area contributed by atoms with Crippen LogP contribution in [-0.4, -0.2) is 118 Å². The number of phosphoric ester groups is 3. The molecule has 0 spiro atoms. The zero-order valence-electron chi connectivity index (χ0n) is 25.5. The molecule has 0 aliphatic carbocycles. The molecular weight excluding hydrogens is 790 g/mol. The number of ether oxygens (including phenoxy) is 1. The molecule has 3 heterocycles. The van der Waals surface area contributed by atoms with E-state index >= 15 is 0 Å². The number of phosphoric acid groups is 3. The monoisotopic (exact) mass is 825 g/mol. The molecular formula is C21H36N7NiO16P3S. The molecule has 2 unspecified atom stereocenters. The van der Waals surface area contributed by atoms with E-state index in [1.807, 2.05) is 0 Å². The van der Waals surface area contributed by atoms with Gasteiger partial charge in [-0.3, -0.25) is 27.7 Å². The Labute approximate surface area is 293 Å². The second-order valence-corrected chi connectivity index (χ2v) is 15.5. The molecule has 1 aliphatic rings. The smallest absolute Gasteiger partial charge is 0.386 e. The molecule has 1 fully saturated rings. The van der Waals surface area contributed by atoms with Gasteiger partial charge in [0.2, 0.25) is 11.8 Å². The number of carbonyl (C=O) groups is 2. The standard InChI is InChI=1S/C21H36N7O16P3S.Ni/c1-21(2,16(31)19(32)24-4-3-12(29)23-5-6-48)8-41-47(38,39)44-46(36,37)40-7-11-15(43-45(33,34)35)14(30)20(42-11)28-10-27-13-17(22)25-9-26-18(13)28;/h9-11,14-16,20,30-31,48H,3-8H2,1-2H3,(H,23,29)(H,24,32)(H,36,37)(H,38,39)(H2,22,25,26)(H2,33,34,35);/t11-,14-,15-,16+,20-;/m1./s1. The number of amides is 2. The molecule has 7 atom stereocenters. The largest absolute Gasteiger partial charge is 0.481 e. The molecule has 0 saturated carbocycles. The average molecular weight is 826 g/mol. The SMILES string of the molecule is CC(C)(COP(=O)(O)OP(=O)(O)OC[C@H]1O[C@@H](n2cnc3c(N)ncnc32)[C@H](O)[C@@H]1OP(=O)(O)O)[C@@H](O)C(=O)NCCC(=O)NCCS.[Ni]. The molecule has 1 saturated heterocycles. The molecule has 282 valence electrons. The van der Waals surface area contributed by atoms with Crippen molar-refractivity contribution in [2.24, 2.45) is 5.41 Å². The maximum Gasteiger partial charge on any atom is 0.481 e. The Morgan fingerprint density at radius 1 is 1.10 bits per heavy atom. The quantitative estimate of drug-likeness (QED) is 0.0456. The number of hydrogen-bond donors (Lipinski definition) is 10. The summed E-state index contributed by atoms with van der Waals surface area (Å²) in [4.78, 5) is 74.6. The number of fused-ring (bicyclic) bond motifs is 1. The molecule has 0 bridgehead atoms. The van der Waals surface area contributed by atoms with Crippen LogP contribution in [0, 0.1) is 5.41 Å². The number of aliphatic hydroxyl groups excluding tert-OH is 2. The zero-order valence-corrected chi connectivity index (χ0v) is 30.1. The first-order chi connectivity index (χ1) is 22.2. The van der Waals surface area contributed by atoms with E-state index in [4.69, 9.17) is 19.5 Å². The van der Waals surface area contributed by atoms with Crippen LogP contribution in [0.4, 0.5) is 5.82 Å². The van der Waals surface area contributed by atoms with Gasteiger partial charge in [0.15, 0.2) is 17.7 Å². The number of imidazole rings is 1. The summed E-state index contributed by atoms with van der Waals surface area (Å²) in [6, 6.07) is 0. The summed E-state index contributed by atoms with van der Waals surface area (Å²) in [7, 11) is -16.3. The van der Waals surface area contributed by atoms with Gasteiger partial charge in [0.25, 0.3) is 0 Å². The van der Waals surface area contributed by atoms with E-state index in [0.717, 1.165) is 17.2 Å².